The van der Waals surface area contributed by atoms with Crippen LogP contribution in [-0.2, 0) is 14.8 Å². The van der Waals surface area contributed by atoms with Gasteiger partial charge in [-0.25, -0.2) is 17.9 Å². The molecule has 3 aliphatic heterocycles. The number of allylic oxidation sites excluding steroid dienone is 1. The van der Waals surface area contributed by atoms with Crippen molar-refractivity contribution in [1.29, 1.82) is 0 Å². The summed E-state index contributed by atoms with van der Waals surface area (Å²) < 4.78 is 35.0. The highest BCUT2D eigenvalue weighted by atomic mass is 35.5. The summed E-state index contributed by atoms with van der Waals surface area (Å²) in [7, 11) is -4.49. The molecule has 0 spiro atoms. The van der Waals surface area contributed by atoms with Crippen molar-refractivity contribution in [3.05, 3.63) is 129 Å². The molecule has 0 radical (unpaired) electrons. The van der Waals surface area contributed by atoms with Gasteiger partial charge in [0.15, 0.2) is 0 Å². The van der Waals surface area contributed by atoms with Gasteiger partial charge < -0.3 is 29.9 Å². The topological polar surface area (TPSA) is 181 Å². The van der Waals surface area contributed by atoms with Gasteiger partial charge in [0.2, 0.25) is 0 Å². The van der Waals surface area contributed by atoms with E-state index in [0.717, 1.165) is 108 Å². The molecule has 4 aliphatic rings. The molecule has 4 aromatic rings. The van der Waals surface area contributed by atoms with Crippen LogP contribution < -0.4 is 14.9 Å². The van der Waals surface area contributed by atoms with Crippen molar-refractivity contribution < 1.29 is 32.8 Å². The first-order valence-corrected chi connectivity index (χ1v) is 29.1. The van der Waals surface area contributed by atoms with E-state index >= 15 is 0 Å². The van der Waals surface area contributed by atoms with E-state index in [0.29, 0.717) is 43.1 Å². The van der Waals surface area contributed by atoms with Gasteiger partial charge in [0.25, 0.3) is 21.6 Å². The van der Waals surface area contributed by atoms with Gasteiger partial charge in [0.05, 0.1) is 15.9 Å². The number of nitrogens with one attached hydrogen (secondary N) is 2. The second-order valence-corrected chi connectivity index (χ2v) is 25.0. The quantitative estimate of drug-likeness (QED) is 0.0488. The zero-order chi connectivity index (χ0) is 53.3. The van der Waals surface area contributed by atoms with Crippen LogP contribution in [0.5, 0.6) is 0 Å². The zero-order valence-corrected chi connectivity index (χ0v) is 46.1. The Labute approximate surface area is 452 Å². The smallest absolute Gasteiger partial charge is 0.410 e. The Morgan fingerprint density at radius 1 is 0.880 bits per heavy atom. The number of halogens is 1. The van der Waals surface area contributed by atoms with Crippen LogP contribution in [0.4, 0.5) is 21.9 Å². The molecule has 19 heteroatoms. The average molecular weight is 1090 g/mol. The Balaban J connectivity index is 0.863. The Morgan fingerprint density at radius 2 is 1.55 bits per heavy atom. The molecule has 404 valence electrons. The number of piperidine rings is 1. The van der Waals surface area contributed by atoms with E-state index in [9.17, 15) is 33.2 Å². The number of likely N-dealkylation sites (tertiary alicyclic amines) is 1. The Hall–Kier alpha value is -5.21. The van der Waals surface area contributed by atoms with E-state index in [1.165, 1.54) is 28.8 Å². The van der Waals surface area contributed by atoms with E-state index in [2.05, 4.69) is 48.7 Å². The molecule has 4 aromatic carbocycles. The molecule has 2 atom stereocenters. The molecule has 3 N–H and O–H groups in total. The van der Waals surface area contributed by atoms with Crippen LogP contribution in [0.3, 0.4) is 0 Å². The Bertz CT molecular complexity index is 2740. The molecule has 3 saturated heterocycles. The molecule has 16 nitrogen and oxygen atoms in total. The molecule has 3 fully saturated rings. The van der Waals surface area contributed by atoms with E-state index in [-0.39, 0.29) is 34.9 Å². The maximum Gasteiger partial charge on any atom is 0.410 e. The van der Waals surface area contributed by atoms with Crippen LogP contribution in [0, 0.1) is 15.5 Å². The van der Waals surface area contributed by atoms with Crippen molar-refractivity contribution >= 4 is 68.0 Å². The maximum absolute atomic E-state index is 13.6. The number of amides is 2. The fourth-order valence-corrected chi connectivity index (χ4v) is 12.7. The number of sulfonamides is 1. The molecule has 0 saturated carbocycles. The van der Waals surface area contributed by atoms with Gasteiger partial charge in [-0.05, 0) is 137 Å². The first-order chi connectivity index (χ1) is 35.8. The maximum atomic E-state index is 13.6. The number of hydrogen-bond donors (Lipinski definition) is 3. The standard InChI is InChI=1S/C56H73ClN8O8S2/c1-55(2,3)73-54(68)64-34-30-62(31-35-64)40-56(4)24-20-50(41-10-14-44(57)15-11-41)43(37-56)38-61-28-32-63(33-29-61)46-16-12-42(13-17-46)53(67)59-75(71,72)49-18-19-51(52(36-49)65(69)70)58-45(39-74-48-8-6-5-7-9-48)21-25-60-26-22-47(66)23-27-60/h5-19,36,45,47,58,66H,20-35,37-40H2,1-4H3,(H,59,67)/t45-,56?/m1/s1. The summed E-state index contributed by atoms with van der Waals surface area (Å²) in [6.07, 6.45) is 4.54. The second-order valence-electron chi connectivity index (χ2n) is 21.8. The lowest BCUT2D eigenvalue weighted by Crippen LogP contribution is -2.52. The molecule has 3 heterocycles. The summed E-state index contributed by atoms with van der Waals surface area (Å²) in [6, 6.07) is 28.4. The molecule has 0 bridgehead atoms. The Morgan fingerprint density at radius 3 is 2.20 bits per heavy atom. The lowest BCUT2D eigenvalue weighted by Gasteiger charge is -2.44. The van der Waals surface area contributed by atoms with Crippen molar-refractivity contribution in [1.82, 2.24) is 24.3 Å². The summed E-state index contributed by atoms with van der Waals surface area (Å²) >= 11 is 7.96. The van der Waals surface area contributed by atoms with E-state index in [4.69, 9.17) is 16.3 Å². The minimum atomic E-state index is -4.49. The number of piperazine rings is 2. The van der Waals surface area contributed by atoms with E-state index in [1.807, 2.05) is 80.3 Å². The van der Waals surface area contributed by atoms with Crippen LogP contribution in [0.25, 0.3) is 5.57 Å². The highest BCUT2D eigenvalue weighted by Gasteiger charge is 2.36. The number of nitro groups is 1. The summed E-state index contributed by atoms with van der Waals surface area (Å²) in [4.78, 5) is 50.1. The third-order valence-electron chi connectivity index (χ3n) is 14.8. The fourth-order valence-electron chi connectivity index (χ4n) is 10.6. The number of carbonyl (C=O) groups is 2. The lowest BCUT2D eigenvalue weighted by atomic mass is 9.71. The van der Waals surface area contributed by atoms with Gasteiger partial charge >= 0.3 is 6.09 Å². The molecule has 75 heavy (non-hydrogen) atoms. The number of rotatable bonds is 18. The van der Waals surface area contributed by atoms with Gasteiger partial charge in [-0.3, -0.25) is 24.7 Å². The number of nitro benzene ring substituents is 1. The predicted molar refractivity (Wildman–Crippen MR) is 298 cm³/mol. The van der Waals surface area contributed by atoms with Gasteiger partial charge in [-0.1, -0.05) is 54.4 Å². The fraction of sp³-hybridized carbons (Fsp3) is 0.500. The third kappa shape index (κ3) is 15.7. The molecule has 2 amide bonds. The molecule has 8 rings (SSSR count). The Kier molecular flexibility index (Phi) is 18.6. The van der Waals surface area contributed by atoms with Gasteiger partial charge in [-0.2, -0.15) is 0 Å². The number of carbonyl (C=O) groups excluding carboxylic acids is 2. The number of nitrogens with zero attached hydrogens (tertiary/aromatic N) is 6. The monoisotopic (exact) mass is 1080 g/mol. The van der Waals surface area contributed by atoms with Crippen molar-refractivity contribution in [2.75, 3.05) is 101 Å². The number of thioether (sulfide) groups is 1. The van der Waals surface area contributed by atoms with Crippen LogP contribution in [0.15, 0.2) is 112 Å². The molecular weight excluding hydrogens is 1010 g/mol. The highest BCUT2D eigenvalue weighted by molar-refractivity contribution is 7.99. The van der Waals surface area contributed by atoms with Gasteiger partial charge in [-0.15, -0.1) is 11.8 Å². The highest BCUT2D eigenvalue weighted by Crippen LogP contribution is 2.44. The third-order valence-corrected chi connectivity index (χ3v) is 17.5. The number of aliphatic hydroxyl groups is 1. The first-order valence-electron chi connectivity index (χ1n) is 26.2. The van der Waals surface area contributed by atoms with E-state index < -0.39 is 37.0 Å². The van der Waals surface area contributed by atoms with Crippen LogP contribution in [0.1, 0.15) is 82.1 Å². The SMILES string of the molecule is CC1(CN2CCN(C(=O)OC(C)(C)C)CC2)CCC(c2ccc(Cl)cc2)=C(CN2CCN(c3ccc(C(=O)NS(=O)(=O)c4ccc(N[C@H](CCN5CCC(O)CC5)CSc5ccccc5)c([N+](=O)[O-])c4)cc3)CC2)C1. The minimum absolute atomic E-state index is 0.0705. The second kappa shape index (κ2) is 24.8. The molecule has 1 aliphatic carbocycles. The van der Waals surface area contributed by atoms with E-state index in [1.54, 1.807) is 23.9 Å². The normalized spacial score (nSPS) is 20.2. The van der Waals surface area contributed by atoms with Crippen LogP contribution >= 0.6 is 23.4 Å². The summed E-state index contributed by atoms with van der Waals surface area (Å²) in [6.45, 7) is 18.3. The zero-order valence-electron chi connectivity index (χ0n) is 43.7. The van der Waals surface area contributed by atoms with Crippen LogP contribution in [0.2, 0.25) is 5.02 Å². The summed E-state index contributed by atoms with van der Waals surface area (Å²) in [5.74, 6) is -0.235. The number of benzene rings is 4. The number of anilines is 2. The molecule has 0 aromatic heterocycles. The predicted octanol–water partition coefficient (Wildman–Crippen LogP) is 9.11. The number of hydrogen-bond acceptors (Lipinski definition) is 14. The minimum Gasteiger partial charge on any atom is -0.444 e. The summed E-state index contributed by atoms with van der Waals surface area (Å²) in [5.41, 5.74) is 4.44. The average Bonchev–Trinajstić information content (AvgIpc) is 3.38. The van der Waals surface area contributed by atoms with Crippen molar-refractivity contribution in [2.45, 2.75) is 93.8 Å². The van der Waals surface area contributed by atoms with Crippen molar-refractivity contribution in [3.63, 3.8) is 0 Å². The number of ether oxygens (including phenoxy) is 1. The van der Waals surface area contributed by atoms with Crippen molar-refractivity contribution in [3.8, 4) is 0 Å². The first kappa shape index (κ1) is 56.0. The lowest BCUT2D eigenvalue weighted by molar-refractivity contribution is -0.384. The molecular formula is C56H73ClN8O8S2. The largest absolute Gasteiger partial charge is 0.444 e. The summed E-state index contributed by atoms with van der Waals surface area (Å²) in [5, 5.41) is 26.5. The number of aliphatic hydroxyl groups excluding tert-OH is 1. The van der Waals surface area contributed by atoms with Crippen LogP contribution in [-0.4, -0.2) is 159 Å². The van der Waals surface area contributed by atoms with Gasteiger partial charge in [0.1, 0.15) is 11.3 Å². The van der Waals surface area contributed by atoms with Gasteiger partial charge in [0, 0.05) is 124 Å². The van der Waals surface area contributed by atoms with Crippen molar-refractivity contribution in [2.24, 2.45) is 5.41 Å². The molecule has 1 unspecified atom stereocenters.